The van der Waals surface area contributed by atoms with Crippen LogP contribution in [0, 0.1) is 19.8 Å². The minimum Gasteiger partial charge on any atom is -0.373 e. The highest BCUT2D eigenvalue weighted by Gasteiger charge is 2.27. The SMILES string of the molecule is CCNC(=NCC1CCCOC1c1ccc(C)cc1)NCCn1cc(C)cn1. The molecule has 0 amide bonds. The maximum absolute atomic E-state index is 6.13. The Balaban J connectivity index is 1.58. The van der Waals surface area contributed by atoms with Gasteiger partial charge in [0.2, 0.25) is 0 Å². The van der Waals surface area contributed by atoms with Gasteiger partial charge in [-0.15, -0.1) is 0 Å². The molecule has 6 heteroatoms. The number of rotatable bonds is 7. The van der Waals surface area contributed by atoms with E-state index in [1.54, 1.807) is 0 Å². The average molecular weight is 384 g/mol. The Morgan fingerprint density at radius 2 is 2.04 bits per heavy atom. The van der Waals surface area contributed by atoms with Gasteiger partial charge in [-0.05, 0) is 44.7 Å². The summed E-state index contributed by atoms with van der Waals surface area (Å²) in [6.07, 6.45) is 6.32. The zero-order valence-corrected chi connectivity index (χ0v) is 17.3. The molecular formula is C22H33N5O. The summed E-state index contributed by atoms with van der Waals surface area (Å²) in [6, 6.07) is 8.71. The lowest BCUT2D eigenvalue weighted by Crippen LogP contribution is -2.39. The molecule has 152 valence electrons. The first-order chi connectivity index (χ1) is 13.7. The van der Waals surface area contributed by atoms with Gasteiger partial charge in [0.25, 0.3) is 0 Å². The van der Waals surface area contributed by atoms with Crippen LogP contribution in [0.5, 0.6) is 0 Å². The Kier molecular flexibility index (Phi) is 7.48. The summed E-state index contributed by atoms with van der Waals surface area (Å²) < 4.78 is 8.08. The van der Waals surface area contributed by atoms with E-state index in [9.17, 15) is 0 Å². The van der Waals surface area contributed by atoms with Crippen LogP contribution in [0.2, 0.25) is 0 Å². The lowest BCUT2D eigenvalue weighted by atomic mass is 9.89. The number of aromatic nitrogens is 2. The minimum absolute atomic E-state index is 0.132. The van der Waals surface area contributed by atoms with Crippen molar-refractivity contribution in [2.75, 3.05) is 26.2 Å². The van der Waals surface area contributed by atoms with Gasteiger partial charge >= 0.3 is 0 Å². The molecule has 6 nitrogen and oxygen atoms in total. The van der Waals surface area contributed by atoms with E-state index in [1.807, 2.05) is 10.9 Å². The van der Waals surface area contributed by atoms with Crippen molar-refractivity contribution in [1.82, 2.24) is 20.4 Å². The monoisotopic (exact) mass is 383 g/mol. The Bertz CT molecular complexity index is 753. The molecule has 2 N–H and O–H groups in total. The first-order valence-corrected chi connectivity index (χ1v) is 10.3. The van der Waals surface area contributed by atoms with Gasteiger partial charge in [0, 0.05) is 38.4 Å². The highest BCUT2D eigenvalue weighted by Crippen LogP contribution is 2.33. The predicted molar refractivity (Wildman–Crippen MR) is 114 cm³/mol. The van der Waals surface area contributed by atoms with Gasteiger partial charge in [0.05, 0.1) is 18.8 Å². The number of nitrogens with one attached hydrogen (secondary N) is 2. The van der Waals surface area contributed by atoms with E-state index in [0.717, 1.165) is 51.6 Å². The molecule has 3 rings (SSSR count). The van der Waals surface area contributed by atoms with Crippen LogP contribution in [0.3, 0.4) is 0 Å². The standard InChI is InChI=1S/C22H33N5O/c1-4-23-22(24-11-12-27-16-18(3)14-26-27)25-15-20-6-5-13-28-21(20)19-9-7-17(2)8-10-19/h7-10,14,16,20-21H,4-6,11-13,15H2,1-3H3,(H2,23,24,25). The highest BCUT2D eigenvalue weighted by atomic mass is 16.5. The maximum atomic E-state index is 6.13. The number of hydrogen-bond donors (Lipinski definition) is 2. The molecule has 1 aromatic heterocycles. The van der Waals surface area contributed by atoms with Gasteiger partial charge in [-0.2, -0.15) is 5.10 Å². The van der Waals surface area contributed by atoms with E-state index in [4.69, 9.17) is 9.73 Å². The number of aliphatic imine (C=N–C) groups is 1. The molecule has 0 aliphatic carbocycles. The molecule has 0 radical (unpaired) electrons. The summed E-state index contributed by atoms with van der Waals surface area (Å²) >= 11 is 0. The van der Waals surface area contributed by atoms with Crippen molar-refractivity contribution in [3.05, 3.63) is 53.3 Å². The van der Waals surface area contributed by atoms with E-state index in [1.165, 1.54) is 16.7 Å². The third-order valence-electron chi connectivity index (χ3n) is 5.07. The number of aryl methyl sites for hydroxylation is 2. The van der Waals surface area contributed by atoms with Crippen molar-refractivity contribution in [2.45, 2.75) is 46.3 Å². The maximum Gasteiger partial charge on any atom is 0.191 e. The molecule has 1 fully saturated rings. The van der Waals surface area contributed by atoms with Gasteiger partial charge in [-0.3, -0.25) is 9.67 Å². The fraction of sp³-hybridized carbons (Fsp3) is 0.545. The van der Waals surface area contributed by atoms with E-state index in [2.05, 4.69) is 67.0 Å². The average Bonchev–Trinajstić information content (AvgIpc) is 3.12. The molecule has 2 unspecified atom stereocenters. The molecule has 2 heterocycles. The van der Waals surface area contributed by atoms with Gasteiger partial charge < -0.3 is 15.4 Å². The van der Waals surface area contributed by atoms with Gasteiger partial charge in [0.1, 0.15) is 0 Å². The molecule has 2 aromatic rings. The van der Waals surface area contributed by atoms with Crippen molar-refractivity contribution < 1.29 is 4.74 Å². The molecule has 1 aromatic carbocycles. The van der Waals surface area contributed by atoms with E-state index < -0.39 is 0 Å². The molecule has 1 aliphatic heterocycles. The zero-order valence-electron chi connectivity index (χ0n) is 17.3. The number of nitrogens with zero attached hydrogens (tertiary/aromatic N) is 3. The second-order valence-electron chi connectivity index (χ2n) is 7.53. The molecular weight excluding hydrogens is 350 g/mol. The quantitative estimate of drug-likeness (QED) is 0.569. The predicted octanol–water partition coefficient (Wildman–Crippen LogP) is 3.22. The minimum atomic E-state index is 0.132. The summed E-state index contributed by atoms with van der Waals surface area (Å²) in [5.74, 6) is 1.26. The smallest absolute Gasteiger partial charge is 0.191 e. The first-order valence-electron chi connectivity index (χ1n) is 10.3. The van der Waals surface area contributed by atoms with Crippen LogP contribution in [0.1, 0.15) is 42.6 Å². The second kappa shape index (κ2) is 10.3. The van der Waals surface area contributed by atoms with Crippen LogP contribution in [0.15, 0.2) is 41.7 Å². The summed E-state index contributed by atoms with van der Waals surface area (Å²) in [5.41, 5.74) is 3.72. The first kappa shape index (κ1) is 20.4. The molecule has 2 atom stereocenters. The van der Waals surface area contributed by atoms with Gasteiger partial charge in [-0.25, -0.2) is 0 Å². The van der Waals surface area contributed by atoms with Gasteiger partial charge in [0.15, 0.2) is 5.96 Å². The van der Waals surface area contributed by atoms with Crippen LogP contribution in [-0.4, -0.2) is 42.0 Å². The number of ether oxygens (including phenoxy) is 1. The Hall–Kier alpha value is -2.34. The Morgan fingerprint density at radius 1 is 1.21 bits per heavy atom. The van der Waals surface area contributed by atoms with Crippen molar-refractivity contribution in [3.8, 4) is 0 Å². The molecule has 0 saturated carbocycles. The van der Waals surface area contributed by atoms with E-state index in [-0.39, 0.29) is 6.10 Å². The topological polar surface area (TPSA) is 63.5 Å². The largest absolute Gasteiger partial charge is 0.373 e. The lowest BCUT2D eigenvalue weighted by molar-refractivity contribution is -0.0250. The van der Waals surface area contributed by atoms with E-state index >= 15 is 0 Å². The molecule has 1 saturated heterocycles. The number of hydrogen-bond acceptors (Lipinski definition) is 3. The summed E-state index contributed by atoms with van der Waals surface area (Å²) in [5, 5.41) is 11.1. The third kappa shape index (κ3) is 5.83. The van der Waals surface area contributed by atoms with Crippen LogP contribution >= 0.6 is 0 Å². The molecule has 0 bridgehead atoms. The van der Waals surface area contributed by atoms with Crippen LogP contribution in [0.4, 0.5) is 0 Å². The fourth-order valence-electron chi connectivity index (χ4n) is 3.58. The van der Waals surface area contributed by atoms with Crippen LogP contribution in [-0.2, 0) is 11.3 Å². The Labute approximate surface area is 168 Å². The van der Waals surface area contributed by atoms with E-state index in [0.29, 0.717) is 5.92 Å². The Morgan fingerprint density at radius 3 is 2.75 bits per heavy atom. The van der Waals surface area contributed by atoms with Crippen molar-refractivity contribution in [1.29, 1.82) is 0 Å². The summed E-state index contributed by atoms with van der Waals surface area (Å²) in [7, 11) is 0. The van der Waals surface area contributed by atoms with Crippen molar-refractivity contribution >= 4 is 5.96 Å². The summed E-state index contributed by atoms with van der Waals surface area (Å²) in [4.78, 5) is 4.85. The normalized spacial score (nSPS) is 20.2. The second-order valence-corrected chi connectivity index (χ2v) is 7.53. The molecule has 1 aliphatic rings. The fourth-order valence-corrected chi connectivity index (χ4v) is 3.58. The number of guanidine groups is 1. The molecule has 28 heavy (non-hydrogen) atoms. The van der Waals surface area contributed by atoms with Crippen molar-refractivity contribution in [2.24, 2.45) is 10.9 Å². The summed E-state index contributed by atoms with van der Waals surface area (Å²) in [6.45, 7) is 10.3. The third-order valence-corrected chi connectivity index (χ3v) is 5.07. The van der Waals surface area contributed by atoms with Crippen LogP contribution < -0.4 is 10.6 Å². The van der Waals surface area contributed by atoms with Crippen LogP contribution in [0.25, 0.3) is 0 Å². The molecule has 0 spiro atoms. The van der Waals surface area contributed by atoms with Crippen molar-refractivity contribution in [3.63, 3.8) is 0 Å². The lowest BCUT2D eigenvalue weighted by Gasteiger charge is -2.31. The number of benzene rings is 1. The zero-order chi connectivity index (χ0) is 19.8. The van der Waals surface area contributed by atoms with Gasteiger partial charge in [-0.1, -0.05) is 29.8 Å². The highest BCUT2D eigenvalue weighted by molar-refractivity contribution is 5.79.